The predicted octanol–water partition coefficient (Wildman–Crippen LogP) is 3.95. The first kappa shape index (κ1) is 18.9. The van der Waals surface area contributed by atoms with E-state index in [1.54, 1.807) is 35.0 Å². The maximum absolute atomic E-state index is 13.0. The highest BCUT2D eigenvalue weighted by molar-refractivity contribution is 6.14. The van der Waals surface area contributed by atoms with Crippen LogP contribution in [0.15, 0.2) is 56.5 Å². The number of carbonyl (C=O) groups excluding carboxylic acids is 1. The van der Waals surface area contributed by atoms with Gasteiger partial charge in [-0.2, -0.15) is 0 Å². The molecule has 156 valence electrons. The summed E-state index contributed by atoms with van der Waals surface area (Å²) in [6.07, 6.45) is 0. The van der Waals surface area contributed by atoms with Gasteiger partial charge in [0.25, 0.3) is 5.56 Å². The SMILES string of the molecule is COC(=O)c1ccc(-c2c3oc4cc(=O)ccc4c3[nH]c3c2c(=O)[nH]n3C(C)C)cc1. The second kappa shape index (κ2) is 6.73. The Kier molecular flexibility index (Phi) is 4.11. The highest BCUT2D eigenvalue weighted by Crippen LogP contribution is 2.38. The number of fused-ring (bicyclic) bond motifs is 4. The number of aromatic nitrogens is 3. The van der Waals surface area contributed by atoms with Gasteiger partial charge in [-0.1, -0.05) is 12.1 Å². The zero-order chi connectivity index (χ0) is 21.9. The second-order valence-electron chi connectivity index (χ2n) is 7.66. The van der Waals surface area contributed by atoms with E-state index in [9.17, 15) is 14.4 Å². The fourth-order valence-electron chi connectivity index (χ4n) is 3.97. The third-order valence-electron chi connectivity index (χ3n) is 5.42. The van der Waals surface area contributed by atoms with Crippen LogP contribution in [0.1, 0.15) is 30.2 Å². The van der Waals surface area contributed by atoms with E-state index in [-0.39, 0.29) is 17.0 Å². The van der Waals surface area contributed by atoms with Crippen molar-refractivity contribution in [1.82, 2.24) is 14.8 Å². The minimum Gasteiger partial charge on any atom is -0.465 e. The average molecular weight is 417 g/mol. The van der Waals surface area contributed by atoms with Gasteiger partial charge in [0, 0.05) is 23.1 Å². The molecule has 31 heavy (non-hydrogen) atoms. The van der Waals surface area contributed by atoms with Crippen molar-refractivity contribution in [1.29, 1.82) is 0 Å². The Balaban J connectivity index is 1.94. The fourth-order valence-corrected chi connectivity index (χ4v) is 3.97. The van der Waals surface area contributed by atoms with Crippen molar-refractivity contribution in [3.05, 3.63) is 68.6 Å². The Hall–Kier alpha value is -4.07. The van der Waals surface area contributed by atoms with Crippen LogP contribution in [0.3, 0.4) is 0 Å². The van der Waals surface area contributed by atoms with Gasteiger partial charge < -0.3 is 14.1 Å². The van der Waals surface area contributed by atoms with Crippen LogP contribution in [0.5, 0.6) is 0 Å². The topological polar surface area (TPSA) is 110 Å². The zero-order valence-corrected chi connectivity index (χ0v) is 17.1. The number of aromatic amines is 2. The number of hydrogen-bond acceptors (Lipinski definition) is 5. The molecule has 8 heteroatoms. The van der Waals surface area contributed by atoms with Crippen LogP contribution in [0.25, 0.3) is 44.2 Å². The maximum Gasteiger partial charge on any atom is 0.337 e. The van der Waals surface area contributed by atoms with Gasteiger partial charge >= 0.3 is 5.97 Å². The third kappa shape index (κ3) is 2.79. The van der Waals surface area contributed by atoms with Gasteiger partial charge in [0.1, 0.15) is 11.2 Å². The monoisotopic (exact) mass is 417 g/mol. The first-order valence-electron chi connectivity index (χ1n) is 9.80. The van der Waals surface area contributed by atoms with Crippen LogP contribution in [0.2, 0.25) is 0 Å². The lowest BCUT2D eigenvalue weighted by Gasteiger charge is -2.10. The van der Waals surface area contributed by atoms with Crippen molar-refractivity contribution in [2.75, 3.05) is 7.11 Å². The standard InChI is InChI=1S/C23H19N3O5/c1-11(2)26-21-18(22(28)25-26)17(12-4-6-13(7-5-12)23(29)30-3)20-19(24-21)15-9-8-14(27)10-16(15)31-20/h4-11,24H,1-3H3,(H,25,28). The lowest BCUT2D eigenvalue weighted by molar-refractivity contribution is 0.0601. The Morgan fingerprint density at radius 2 is 1.84 bits per heavy atom. The van der Waals surface area contributed by atoms with E-state index < -0.39 is 5.97 Å². The molecule has 0 aliphatic rings. The van der Waals surface area contributed by atoms with E-state index in [2.05, 4.69) is 10.1 Å². The molecule has 2 aromatic carbocycles. The van der Waals surface area contributed by atoms with Crippen LogP contribution in [-0.2, 0) is 4.74 Å². The van der Waals surface area contributed by atoms with Gasteiger partial charge in [0.15, 0.2) is 11.0 Å². The number of nitrogens with zero attached hydrogens (tertiary/aromatic N) is 1. The molecule has 0 spiro atoms. The molecule has 0 amide bonds. The molecule has 0 aliphatic carbocycles. The van der Waals surface area contributed by atoms with Gasteiger partial charge in [-0.05, 0) is 43.7 Å². The zero-order valence-electron chi connectivity index (χ0n) is 17.1. The summed E-state index contributed by atoms with van der Waals surface area (Å²) in [4.78, 5) is 40.0. The van der Waals surface area contributed by atoms with Crippen molar-refractivity contribution in [3.63, 3.8) is 0 Å². The van der Waals surface area contributed by atoms with E-state index in [4.69, 9.17) is 9.15 Å². The molecule has 0 fully saturated rings. The molecule has 0 bridgehead atoms. The fraction of sp³-hybridized carbons (Fsp3) is 0.174. The van der Waals surface area contributed by atoms with Crippen molar-refractivity contribution in [3.8, 4) is 11.1 Å². The summed E-state index contributed by atoms with van der Waals surface area (Å²) in [7, 11) is 1.32. The number of ether oxygens (including phenoxy) is 1. The van der Waals surface area contributed by atoms with E-state index in [0.29, 0.717) is 44.4 Å². The summed E-state index contributed by atoms with van der Waals surface area (Å²) in [6, 6.07) is 11.4. The molecule has 0 unspecified atom stereocenters. The molecule has 3 heterocycles. The van der Waals surface area contributed by atoms with E-state index in [1.165, 1.54) is 19.2 Å². The van der Waals surface area contributed by atoms with Crippen LogP contribution >= 0.6 is 0 Å². The Bertz CT molecular complexity index is 1600. The molecule has 0 saturated heterocycles. The van der Waals surface area contributed by atoms with E-state index in [1.807, 2.05) is 13.8 Å². The van der Waals surface area contributed by atoms with Crippen molar-refractivity contribution in [2.24, 2.45) is 0 Å². The summed E-state index contributed by atoms with van der Waals surface area (Å²) in [5, 5.41) is 4.07. The molecular formula is C23H19N3O5. The molecule has 3 aromatic heterocycles. The largest absolute Gasteiger partial charge is 0.465 e. The molecule has 0 saturated carbocycles. The molecule has 2 N–H and O–H groups in total. The molecule has 0 aliphatic heterocycles. The minimum atomic E-state index is -0.446. The number of methoxy groups -OCH3 is 1. The van der Waals surface area contributed by atoms with Crippen LogP contribution in [-0.4, -0.2) is 27.8 Å². The van der Waals surface area contributed by atoms with E-state index >= 15 is 0 Å². The van der Waals surface area contributed by atoms with Crippen molar-refractivity contribution in [2.45, 2.75) is 19.9 Å². The maximum atomic E-state index is 13.0. The van der Waals surface area contributed by atoms with Crippen LogP contribution in [0.4, 0.5) is 0 Å². The lowest BCUT2D eigenvalue weighted by Crippen LogP contribution is -2.07. The summed E-state index contributed by atoms with van der Waals surface area (Å²) in [5.74, 6) is -0.446. The summed E-state index contributed by atoms with van der Waals surface area (Å²) in [5.41, 5.74) is 3.46. The lowest BCUT2D eigenvalue weighted by atomic mass is 10.0. The molecule has 5 aromatic rings. The minimum absolute atomic E-state index is 0.000130. The number of hydrogen-bond donors (Lipinski definition) is 2. The molecule has 5 rings (SSSR count). The van der Waals surface area contributed by atoms with Gasteiger partial charge in [0.05, 0.1) is 23.6 Å². The first-order chi connectivity index (χ1) is 14.9. The number of esters is 1. The first-order valence-corrected chi connectivity index (χ1v) is 9.80. The Morgan fingerprint density at radius 1 is 1.10 bits per heavy atom. The van der Waals surface area contributed by atoms with E-state index in [0.717, 1.165) is 5.39 Å². The summed E-state index contributed by atoms with van der Waals surface area (Å²) < 4.78 is 12.6. The number of carbonyl (C=O) groups is 1. The van der Waals surface area contributed by atoms with Crippen molar-refractivity contribution < 1.29 is 13.9 Å². The molecule has 0 atom stereocenters. The molecule has 8 nitrogen and oxygen atoms in total. The Labute approximate surface area is 175 Å². The number of pyridine rings is 1. The molecule has 0 radical (unpaired) electrons. The summed E-state index contributed by atoms with van der Waals surface area (Å²) >= 11 is 0. The second-order valence-corrected chi connectivity index (χ2v) is 7.66. The van der Waals surface area contributed by atoms with Gasteiger partial charge in [0.2, 0.25) is 0 Å². The number of benzene rings is 2. The highest BCUT2D eigenvalue weighted by atomic mass is 16.5. The number of rotatable bonds is 3. The van der Waals surface area contributed by atoms with Crippen LogP contribution < -0.4 is 11.0 Å². The number of H-pyrrole nitrogens is 2. The molecular weight excluding hydrogens is 398 g/mol. The Morgan fingerprint density at radius 3 is 2.52 bits per heavy atom. The van der Waals surface area contributed by atoms with Crippen molar-refractivity contribution >= 4 is 39.1 Å². The van der Waals surface area contributed by atoms with Gasteiger partial charge in [-0.15, -0.1) is 0 Å². The summed E-state index contributed by atoms with van der Waals surface area (Å²) in [6.45, 7) is 3.94. The third-order valence-corrected chi connectivity index (χ3v) is 5.42. The average Bonchev–Trinajstić information content (AvgIpc) is 3.29. The highest BCUT2D eigenvalue weighted by Gasteiger charge is 2.22. The quantitative estimate of drug-likeness (QED) is 0.432. The van der Waals surface area contributed by atoms with Crippen LogP contribution in [0, 0.1) is 0 Å². The normalized spacial score (nSPS) is 11.7. The van der Waals surface area contributed by atoms with Gasteiger partial charge in [-0.3, -0.25) is 19.4 Å². The number of furan rings is 1. The van der Waals surface area contributed by atoms with Gasteiger partial charge in [-0.25, -0.2) is 4.79 Å². The predicted molar refractivity (Wildman–Crippen MR) is 118 cm³/mol. The number of nitrogens with one attached hydrogen (secondary N) is 2. The smallest absolute Gasteiger partial charge is 0.337 e.